The molecule has 2 aromatic heterocycles. The zero-order valence-electron chi connectivity index (χ0n) is 11.8. The monoisotopic (exact) mass is 322 g/mol. The topological polar surface area (TPSA) is 52.1 Å². The Labute approximate surface area is 129 Å². The first-order valence-electron chi connectivity index (χ1n) is 6.55. The number of rotatable bonds is 4. The minimum atomic E-state index is -0.592. The van der Waals surface area contributed by atoms with Crippen molar-refractivity contribution in [1.29, 1.82) is 0 Å². The minimum absolute atomic E-state index is 0.00765. The standard InChI is InChI=1S/C15H12F2N2O2S/c1-8-10(6-7-20-8)14-18-19-15(21-14)22-9(2)13-11(16)4-3-5-12(13)17/h3-7,9H,1-2H3. The summed E-state index contributed by atoms with van der Waals surface area (Å²) in [4.78, 5) is 0. The predicted octanol–water partition coefficient (Wildman–Crippen LogP) is 4.77. The maximum Gasteiger partial charge on any atom is 0.277 e. The van der Waals surface area contributed by atoms with E-state index in [1.54, 1.807) is 19.9 Å². The number of nitrogens with zero attached hydrogens (tertiary/aromatic N) is 2. The maximum atomic E-state index is 13.8. The fourth-order valence-corrected chi connectivity index (χ4v) is 2.94. The Bertz CT molecular complexity index is 780. The third-order valence-corrected chi connectivity index (χ3v) is 4.14. The van der Waals surface area contributed by atoms with Crippen LogP contribution in [-0.2, 0) is 0 Å². The van der Waals surface area contributed by atoms with Crippen molar-refractivity contribution in [2.24, 2.45) is 0 Å². The Morgan fingerprint density at radius 1 is 1.14 bits per heavy atom. The van der Waals surface area contributed by atoms with E-state index in [-0.39, 0.29) is 10.8 Å². The van der Waals surface area contributed by atoms with Gasteiger partial charge in [-0.2, -0.15) is 0 Å². The Kier molecular flexibility index (Phi) is 3.98. The van der Waals surface area contributed by atoms with E-state index in [1.165, 1.54) is 24.5 Å². The molecule has 0 fully saturated rings. The highest BCUT2D eigenvalue weighted by atomic mass is 32.2. The summed E-state index contributed by atoms with van der Waals surface area (Å²) < 4.78 is 38.2. The molecule has 0 radical (unpaired) electrons. The zero-order valence-corrected chi connectivity index (χ0v) is 12.7. The highest BCUT2D eigenvalue weighted by Gasteiger charge is 2.20. The number of aromatic nitrogens is 2. The summed E-state index contributed by atoms with van der Waals surface area (Å²) in [5, 5.41) is 7.57. The molecule has 7 heteroatoms. The van der Waals surface area contributed by atoms with E-state index in [0.717, 1.165) is 11.8 Å². The van der Waals surface area contributed by atoms with Crippen LogP contribution in [0.1, 0.15) is 23.5 Å². The number of furan rings is 1. The molecule has 1 atom stereocenters. The number of benzene rings is 1. The summed E-state index contributed by atoms with van der Waals surface area (Å²) in [5.41, 5.74) is 0.691. The van der Waals surface area contributed by atoms with Crippen LogP contribution in [0.5, 0.6) is 0 Å². The summed E-state index contributed by atoms with van der Waals surface area (Å²) >= 11 is 1.10. The minimum Gasteiger partial charge on any atom is -0.469 e. The second kappa shape index (κ2) is 5.92. The van der Waals surface area contributed by atoms with Gasteiger partial charge in [0, 0.05) is 10.8 Å². The smallest absolute Gasteiger partial charge is 0.277 e. The van der Waals surface area contributed by atoms with Crippen molar-refractivity contribution < 1.29 is 17.6 Å². The second-order valence-corrected chi connectivity index (χ2v) is 5.95. The molecule has 1 aromatic carbocycles. The van der Waals surface area contributed by atoms with Gasteiger partial charge in [-0.15, -0.1) is 10.2 Å². The molecule has 0 aliphatic heterocycles. The fourth-order valence-electron chi connectivity index (χ4n) is 2.08. The van der Waals surface area contributed by atoms with Crippen LogP contribution in [0.2, 0.25) is 0 Å². The highest BCUT2D eigenvalue weighted by molar-refractivity contribution is 7.99. The fraction of sp³-hybridized carbons (Fsp3) is 0.200. The quantitative estimate of drug-likeness (QED) is 0.648. The molecular weight excluding hydrogens is 310 g/mol. The largest absolute Gasteiger partial charge is 0.469 e. The molecule has 4 nitrogen and oxygen atoms in total. The molecule has 2 heterocycles. The molecule has 0 saturated carbocycles. The van der Waals surface area contributed by atoms with Crippen LogP contribution in [0, 0.1) is 18.6 Å². The average Bonchev–Trinajstić information content (AvgIpc) is 3.07. The summed E-state index contributed by atoms with van der Waals surface area (Å²) in [6.07, 6.45) is 1.53. The normalized spacial score (nSPS) is 12.5. The molecule has 0 saturated heterocycles. The van der Waals surface area contributed by atoms with Crippen LogP contribution in [0.25, 0.3) is 11.5 Å². The molecule has 0 aliphatic rings. The Hall–Kier alpha value is -2.15. The predicted molar refractivity (Wildman–Crippen MR) is 77.4 cm³/mol. The maximum absolute atomic E-state index is 13.8. The lowest BCUT2D eigenvalue weighted by Gasteiger charge is -2.10. The van der Waals surface area contributed by atoms with Gasteiger partial charge in [0.25, 0.3) is 11.1 Å². The van der Waals surface area contributed by atoms with Gasteiger partial charge in [-0.25, -0.2) is 8.78 Å². The number of hydrogen-bond donors (Lipinski definition) is 0. The second-order valence-electron chi connectivity index (χ2n) is 4.66. The van der Waals surface area contributed by atoms with Crippen LogP contribution in [0.3, 0.4) is 0 Å². The third kappa shape index (κ3) is 2.76. The molecule has 3 rings (SSSR count). The van der Waals surface area contributed by atoms with Crippen molar-refractivity contribution in [1.82, 2.24) is 10.2 Å². The molecule has 1 unspecified atom stereocenters. The van der Waals surface area contributed by atoms with E-state index in [4.69, 9.17) is 8.83 Å². The molecule has 0 bridgehead atoms. The van der Waals surface area contributed by atoms with E-state index < -0.39 is 16.9 Å². The number of aryl methyl sites for hydroxylation is 1. The average molecular weight is 322 g/mol. The van der Waals surface area contributed by atoms with Crippen molar-refractivity contribution in [3.05, 3.63) is 53.5 Å². The molecule has 22 heavy (non-hydrogen) atoms. The van der Waals surface area contributed by atoms with Crippen LogP contribution in [0.15, 0.2) is 44.6 Å². The van der Waals surface area contributed by atoms with Gasteiger partial charge in [-0.1, -0.05) is 17.8 Å². The van der Waals surface area contributed by atoms with E-state index in [1.807, 2.05) is 0 Å². The molecule has 0 spiro atoms. The third-order valence-electron chi connectivity index (χ3n) is 3.18. The Morgan fingerprint density at radius 3 is 2.50 bits per heavy atom. The van der Waals surface area contributed by atoms with Crippen LogP contribution in [-0.4, -0.2) is 10.2 Å². The first-order chi connectivity index (χ1) is 10.6. The molecule has 3 aromatic rings. The zero-order chi connectivity index (χ0) is 15.7. The lowest BCUT2D eigenvalue weighted by atomic mass is 10.1. The van der Waals surface area contributed by atoms with Gasteiger partial charge in [0.15, 0.2) is 0 Å². The molecule has 0 aliphatic carbocycles. The van der Waals surface area contributed by atoms with Gasteiger partial charge in [0.2, 0.25) is 0 Å². The van der Waals surface area contributed by atoms with E-state index in [9.17, 15) is 8.78 Å². The van der Waals surface area contributed by atoms with Gasteiger partial charge in [0.1, 0.15) is 17.4 Å². The summed E-state index contributed by atoms with van der Waals surface area (Å²) in [7, 11) is 0. The lowest BCUT2D eigenvalue weighted by molar-refractivity contribution is 0.462. The number of thioether (sulfide) groups is 1. The van der Waals surface area contributed by atoms with Gasteiger partial charge >= 0.3 is 0 Å². The van der Waals surface area contributed by atoms with Crippen molar-refractivity contribution in [3.8, 4) is 11.5 Å². The lowest BCUT2D eigenvalue weighted by Crippen LogP contribution is -1.97. The molecule has 114 valence electrons. The number of halogens is 2. The van der Waals surface area contributed by atoms with Gasteiger partial charge in [-0.05, 0) is 32.0 Å². The van der Waals surface area contributed by atoms with Crippen molar-refractivity contribution >= 4 is 11.8 Å². The van der Waals surface area contributed by atoms with Crippen molar-refractivity contribution in [3.63, 3.8) is 0 Å². The summed E-state index contributed by atoms with van der Waals surface area (Å²) in [6.45, 7) is 3.46. The van der Waals surface area contributed by atoms with E-state index >= 15 is 0 Å². The Balaban J connectivity index is 1.82. The molecule has 0 amide bonds. The van der Waals surface area contributed by atoms with Crippen LogP contribution < -0.4 is 0 Å². The summed E-state index contributed by atoms with van der Waals surface area (Å²) in [6, 6.07) is 5.50. The van der Waals surface area contributed by atoms with Crippen LogP contribution in [0.4, 0.5) is 8.78 Å². The van der Waals surface area contributed by atoms with Crippen molar-refractivity contribution in [2.75, 3.05) is 0 Å². The first kappa shape index (κ1) is 14.8. The first-order valence-corrected chi connectivity index (χ1v) is 7.42. The molecular formula is C15H12F2N2O2S. The van der Waals surface area contributed by atoms with Crippen molar-refractivity contribution in [2.45, 2.75) is 24.3 Å². The van der Waals surface area contributed by atoms with Crippen LogP contribution >= 0.6 is 11.8 Å². The SMILES string of the molecule is Cc1occc1-c1nnc(SC(C)c2c(F)cccc2F)o1. The van der Waals surface area contributed by atoms with Gasteiger partial charge < -0.3 is 8.83 Å². The van der Waals surface area contributed by atoms with E-state index in [0.29, 0.717) is 17.2 Å². The van der Waals surface area contributed by atoms with Gasteiger partial charge in [0.05, 0.1) is 11.8 Å². The molecule has 0 N–H and O–H groups in total. The number of hydrogen-bond acceptors (Lipinski definition) is 5. The summed E-state index contributed by atoms with van der Waals surface area (Å²) in [5.74, 6) is -0.209. The Morgan fingerprint density at radius 2 is 1.86 bits per heavy atom. The highest BCUT2D eigenvalue weighted by Crippen LogP contribution is 2.37. The van der Waals surface area contributed by atoms with E-state index in [2.05, 4.69) is 10.2 Å². The van der Waals surface area contributed by atoms with Gasteiger partial charge in [-0.3, -0.25) is 0 Å².